The van der Waals surface area contributed by atoms with Gasteiger partial charge in [0.25, 0.3) is 0 Å². The lowest BCUT2D eigenvalue weighted by atomic mass is 10.1. The number of nitrogens with zero attached hydrogens (tertiary/aromatic N) is 1. The van der Waals surface area contributed by atoms with Crippen LogP contribution in [0.15, 0.2) is 17.3 Å². The SMILES string of the molecule is O=C=N/C=C\CC1CCOC1. The smallest absolute Gasteiger partial charge is 0.239 e. The molecule has 0 spiro atoms. The van der Waals surface area contributed by atoms with Gasteiger partial charge in [0.15, 0.2) is 0 Å². The Balaban J connectivity index is 2.15. The molecule has 0 aromatic heterocycles. The first-order chi connectivity index (χ1) is 5.43. The monoisotopic (exact) mass is 153 g/mol. The van der Waals surface area contributed by atoms with Crippen LogP contribution in [0.2, 0.25) is 0 Å². The standard InChI is InChI=1S/C8H11NO2/c10-7-9-4-1-2-8-3-5-11-6-8/h1,4,8H,2-3,5-6H2/b4-1-. The van der Waals surface area contributed by atoms with E-state index in [1.807, 2.05) is 6.08 Å². The van der Waals surface area contributed by atoms with Crippen LogP contribution in [0.3, 0.4) is 0 Å². The van der Waals surface area contributed by atoms with Gasteiger partial charge in [0.1, 0.15) is 0 Å². The molecular formula is C8H11NO2. The van der Waals surface area contributed by atoms with E-state index in [0.29, 0.717) is 5.92 Å². The molecule has 0 radical (unpaired) electrons. The van der Waals surface area contributed by atoms with E-state index >= 15 is 0 Å². The van der Waals surface area contributed by atoms with Crippen molar-refractivity contribution in [2.75, 3.05) is 13.2 Å². The lowest BCUT2D eigenvalue weighted by molar-refractivity contribution is 0.186. The van der Waals surface area contributed by atoms with Gasteiger partial charge in [-0.25, -0.2) is 4.79 Å². The molecule has 0 aromatic carbocycles. The highest BCUT2D eigenvalue weighted by Gasteiger charge is 2.12. The highest BCUT2D eigenvalue weighted by Crippen LogP contribution is 2.16. The molecule has 0 amide bonds. The summed E-state index contributed by atoms with van der Waals surface area (Å²) in [6.45, 7) is 1.71. The van der Waals surface area contributed by atoms with Gasteiger partial charge in [-0.2, -0.15) is 4.99 Å². The van der Waals surface area contributed by atoms with Crippen LogP contribution in [0.4, 0.5) is 0 Å². The number of isocyanates is 1. The van der Waals surface area contributed by atoms with E-state index in [0.717, 1.165) is 26.1 Å². The summed E-state index contributed by atoms with van der Waals surface area (Å²) in [5, 5.41) is 0. The first-order valence-electron chi connectivity index (χ1n) is 3.73. The number of ether oxygens (including phenoxy) is 1. The zero-order valence-electron chi connectivity index (χ0n) is 6.32. The zero-order valence-corrected chi connectivity index (χ0v) is 6.32. The number of aliphatic imine (C=N–C) groups is 1. The summed E-state index contributed by atoms with van der Waals surface area (Å²) in [4.78, 5) is 12.9. The second-order valence-corrected chi connectivity index (χ2v) is 2.57. The third-order valence-electron chi connectivity index (χ3n) is 1.73. The molecule has 1 saturated heterocycles. The Morgan fingerprint density at radius 3 is 3.27 bits per heavy atom. The first-order valence-corrected chi connectivity index (χ1v) is 3.73. The topological polar surface area (TPSA) is 38.7 Å². The van der Waals surface area contributed by atoms with Crippen molar-refractivity contribution in [2.45, 2.75) is 12.8 Å². The van der Waals surface area contributed by atoms with E-state index in [1.165, 1.54) is 12.3 Å². The highest BCUT2D eigenvalue weighted by molar-refractivity contribution is 5.34. The average Bonchev–Trinajstić information content (AvgIpc) is 2.50. The predicted molar refractivity (Wildman–Crippen MR) is 40.8 cm³/mol. The van der Waals surface area contributed by atoms with Crippen molar-refractivity contribution in [3.63, 3.8) is 0 Å². The summed E-state index contributed by atoms with van der Waals surface area (Å²) in [6.07, 6.45) is 6.89. The van der Waals surface area contributed by atoms with Gasteiger partial charge in [-0.05, 0) is 18.8 Å². The van der Waals surface area contributed by atoms with Crippen LogP contribution in [0.1, 0.15) is 12.8 Å². The molecule has 3 heteroatoms. The molecule has 1 fully saturated rings. The minimum atomic E-state index is 0.619. The molecule has 0 saturated carbocycles. The van der Waals surface area contributed by atoms with Gasteiger partial charge in [-0.1, -0.05) is 6.08 Å². The van der Waals surface area contributed by atoms with Crippen LogP contribution in [0.25, 0.3) is 0 Å². The fraction of sp³-hybridized carbons (Fsp3) is 0.625. The van der Waals surface area contributed by atoms with Gasteiger partial charge >= 0.3 is 0 Å². The summed E-state index contributed by atoms with van der Waals surface area (Å²) in [7, 11) is 0. The summed E-state index contributed by atoms with van der Waals surface area (Å²) in [5.74, 6) is 0.619. The van der Waals surface area contributed by atoms with Gasteiger partial charge < -0.3 is 4.74 Å². The predicted octanol–water partition coefficient (Wildman–Crippen LogP) is 1.26. The van der Waals surface area contributed by atoms with Crippen LogP contribution < -0.4 is 0 Å². The fourth-order valence-electron chi connectivity index (χ4n) is 1.11. The summed E-state index contributed by atoms with van der Waals surface area (Å²) in [5.41, 5.74) is 0. The van der Waals surface area contributed by atoms with Crippen molar-refractivity contribution in [3.05, 3.63) is 12.3 Å². The minimum Gasteiger partial charge on any atom is -0.381 e. The molecule has 1 aliphatic rings. The van der Waals surface area contributed by atoms with E-state index in [9.17, 15) is 4.79 Å². The second kappa shape index (κ2) is 4.83. The lowest BCUT2D eigenvalue weighted by Gasteiger charge is -1.99. The molecule has 1 unspecified atom stereocenters. The van der Waals surface area contributed by atoms with Crippen molar-refractivity contribution in [3.8, 4) is 0 Å². The summed E-state index contributed by atoms with van der Waals surface area (Å²) >= 11 is 0. The Labute approximate surface area is 65.8 Å². The highest BCUT2D eigenvalue weighted by atomic mass is 16.5. The average molecular weight is 153 g/mol. The van der Waals surface area contributed by atoms with Crippen LogP contribution in [0.5, 0.6) is 0 Å². The Kier molecular flexibility index (Phi) is 3.59. The van der Waals surface area contributed by atoms with Crippen molar-refractivity contribution in [2.24, 2.45) is 10.9 Å². The van der Waals surface area contributed by atoms with Crippen LogP contribution in [-0.4, -0.2) is 19.3 Å². The number of hydrogen-bond donors (Lipinski definition) is 0. The molecule has 0 bridgehead atoms. The lowest BCUT2D eigenvalue weighted by Crippen LogP contribution is -1.95. The Morgan fingerprint density at radius 2 is 2.64 bits per heavy atom. The maximum absolute atomic E-state index is 9.63. The molecule has 60 valence electrons. The van der Waals surface area contributed by atoms with Gasteiger partial charge in [-0.15, -0.1) is 0 Å². The van der Waals surface area contributed by atoms with Gasteiger partial charge in [0, 0.05) is 19.4 Å². The van der Waals surface area contributed by atoms with E-state index in [-0.39, 0.29) is 0 Å². The Bertz CT molecular complexity index is 177. The molecule has 1 rings (SSSR count). The maximum atomic E-state index is 9.63. The van der Waals surface area contributed by atoms with Gasteiger partial charge in [-0.3, -0.25) is 0 Å². The van der Waals surface area contributed by atoms with E-state index in [2.05, 4.69) is 4.99 Å². The van der Waals surface area contributed by atoms with E-state index in [1.54, 1.807) is 0 Å². The minimum absolute atomic E-state index is 0.619. The molecule has 1 heterocycles. The van der Waals surface area contributed by atoms with Gasteiger partial charge in [0.05, 0.1) is 0 Å². The van der Waals surface area contributed by atoms with Crippen molar-refractivity contribution in [1.29, 1.82) is 0 Å². The molecular weight excluding hydrogens is 142 g/mol. The number of carbonyl (C=O) groups excluding carboxylic acids is 1. The fourth-order valence-corrected chi connectivity index (χ4v) is 1.11. The number of hydrogen-bond acceptors (Lipinski definition) is 3. The third kappa shape index (κ3) is 3.12. The largest absolute Gasteiger partial charge is 0.381 e. The Morgan fingerprint density at radius 1 is 1.73 bits per heavy atom. The second-order valence-electron chi connectivity index (χ2n) is 2.57. The molecule has 1 atom stereocenters. The van der Waals surface area contributed by atoms with Crippen LogP contribution >= 0.6 is 0 Å². The van der Waals surface area contributed by atoms with E-state index in [4.69, 9.17) is 4.74 Å². The maximum Gasteiger partial charge on any atom is 0.239 e. The Hall–Kier alpha value is -0.920. The number of allylic oxidation sites excluding steroid dienone is 1. The molecule has 3 nitrogen and oxygen atoms in total. The quantitative estimate of drug-likeness (QED) is 0.452. The first kappa shape index (κ1) is 8.18. The molecule has 0 N–H and O–H groups in total. The molecule has 0 aliphatic carbocycles. The summed E-state index contributed by atoms with van der Waals surface area (Å²) in [6, 6.07) is 0. The van der Waals surface area contributed by atoms with Crippen LogP contribution in [0, 0.1) is 5.92 Å². The van der Waals surface area contributed by atoms with Crippen molar-refractivity contribution in [1.82, 2.24) is 0 Å². The normalized spacial score (nSPS) is 23.8. The van der Waals surface area contributed by atoms with Crippen molar-refractivity contribution >= 4 is 6.08 Å². The number of rotatable bonds is 3. The molecule has 11 heavy (non-hydrogen) atoms. The summed E-state index contributed by atoms with van der Waals surface area (Å²) < 4.78 is 5.17. The van der Waals surface area contributed by atoms with E-state index < -0.39 is 0 Å². The van der Waals surface area contributed by atoms with Gasteiger partial charge in [0.2, 0.25) is 6.08 Å². The van der Waals surface area contributed by atoms with Crippen LogP contribution in [-0.2, 0) is 9.53 Å². The van der Waals surface area contributed by atoms with Crippen molar-refractivity contribution < 1.29 is 9.53 Å². The zero-order chi connectivity index (χ0) is 7.94. The molecule has 1 aliphatic heterocycles. The third-order valence-corrected chi connectivity index (χ3v) is 1.73. The molecule has 0 aromatic rings.